The van der Waals surface area contributed by atoms with E-state index in [1.54, 1.807) is 0 Å². The van der Waals surface area contributed by atoms with E-state index in [9.17, 15) is 23.2 Å². The van der Waals surface area contributed by atoms with Gasteiger partial charge in [0.1, 0.15) is 5.75 Å². The molecule has 0 aliphatic heterocycles. The molecule has 0 saturated heterocycles. The number of anilines is 2. The number of imide groups is 1. The Morgan fingerprint density at radius 1 is 1.00 bits per heavy atom. The van der Waals surface area contributed by atoms with E-state index in [0.717, 1.165) is 0 Å². The maximum Gasteiger partial charge on any atom is 0.411 e. The topological polar surface area (TPSA) is 106 Å². The summed E-state index contributed by atoms with van der Waals surface area (Å²) >= 11 is 5.70. The molecule has 0 heterocycles. The van der Waals surface area contributed by atoms with Gasteiger partial charge in [-0.2, -0.15) is 0 Å². The van der Waals surface area contributed by atoms with E-state index in [0.29, 0.717) is 12.1 Å². The Bertz CT molecular complexity index is 939. The summed E-state index contributed by atoms with van der Waals surface area (Å²) in [5.74, 6) is -3.35. The van der Waals surface area contributed by atoms with Crippen molar-refractivity contribution in [2.45, 2.75) is 0 Å². The molecule has 2 rings (SSSR count). The number of amides is 4. The van der Waals surface area contributed by atoms with E-state index >= 15 is 0 Å². The second-order valence-electron chi connectivity index (χ2n) is 5.19. The van der Waals surface area contributed by atoms with Crippen molar-refractivity contribution < 1.29 is 32.6 Å². The quantitative estimate of drug-likeness (QED) is 0.662. The molecule has 0 radical (unpaired) electrons. The van der Waals surface area contributed by atoms with Gasteiger partial charge >= 0.3 is 12.1 Å². The van der Waals surface area contributed by atoms with E-state index in [-0.39, 0.29) is 22.1 Å². The summed E-state index contributed by atoms with van der Waals surface area (Å²) < 4.78 is 35.9. The van der Waals surface area contributed by atoms with E-state index < -0.39 is 35.2 Å². The van der Waals surface area contributed by atoms with Crippen molar-refractivity contribution in [1.29, 1.82) is 0 Å². The van der Waals surface area contributed by atoms with Crippen LogP contribution in [0.15, 0.2) is 30.3 Å². The highest BCUT2D eigenvalue weighted by molar-refractivity contribution is 6.34. The largest absolute Gasteiger partial charge is 0.495 e. The van der Waals surface area contributed by atoms with Crippen molar-refractivity contribution in [3.63, 3.8) is 0 Å². The Morgan fingerprint density at radius 2 is 1.68 bits per heavy atom. The van der Waals surface area contributed by atoms with Crippen LogP contribution in [-0.2, 0) is 4.74 Å². The normalized spacial score (nSPS) is 10.0. The van der Waals surface area contributed by atoms with Crippen molar-refractivity contribution in [2.24, 2.45) is 0 Å². The lowest BCUT2D eigenvalue weighted by Crippen LogP contribution is -2.34. The van der Waals surface area contributed by atoms with Gasteiger partial charge in [0.15, 0.2) is 11.6 Å². The predicted octanol–water partition coefficient (Wildman–Crippen LogP) is 3.77. The molecule has 0 aromatic heterocycles. The maximum absolute atomic E-state index is 13.3. The Kier molecular flexibility index (Phi) is 6.72. The molecule has 8 nitrogen and oxygen atoms in total. The smallest absolute Gasteiger partial charge is 0.411 e. The molecule has 0 atom stereocenters. The van der Waals surface area contributed by atoms with E-state index in [1.165, 1.54) is 32.4 Å². The highest BCUT2D eigenvalue weighted by atomic mass is 35.5. The van der Waals surface area contributed by atoms with Crippen LogP contribution in [0, 0.1) is 11.6 Å². The van der Waals surface area contributed by atoms with Crippen LogP contribution in [0.3, 0.4) is 0 Å². The predicted molar refractivity (Wildman–Crippen MR) is 96.9 cm³/mol. The minimum atomic E-state index is -1.29. The van der Waals surface area contributed by atoms with Gasteiger partial charge in [0.05, 0.1) is 30.5 Å². The second kappa shape index (κ2) is 9.00. The third-order valence-corrected chi connectivity index (χ3v) is 3.67. The zero-order valence-electron chi connectivity index (χ0n) is 14.6. The van der Waals surface area contributed by atoms with Crippen LogP contribution in [0.2, 0.25) is 5.02 Å². The first-order valence-corrected chi connectivity index (χ1v) is 7.92. The fourth-order valence-electron chi connectivity index (χ4n) is 2.07. The van der Waals surface area contributed by atoms with Crippen LogP contribution >= 0.6 is 11.6 Å². The number of methoxy groups -OCH3 is 2. The zero-order chi connectivity index (χ0) is 20.8. The van der Waals surface area contributed by atoms with Crippen LogP contribution < -0.4 is 20.7 Å². The number of benzene rings is 2. The summed E-state index contributed by atoms with van der Waals surface area (Å²) in [6, 6.07) is 4.49. The molecular weight excluding hydrogens is 400 g/mol. The van der Waals surface area contributed by atoms with Gasteiger partial charge in [0.2, 0.25) is 0 Å². The molecular formula is C17H14ClF2N3O5. The van der Waals surface area contributed by atoms with Crippen LogP contribution in [0.5, 0.6) is 5.75 Å². The number of hydrogen-bond donors (Lipinski definition) is 3. The Labute approximate surface area is 162 Å². The van der Waals surface area contributed by atoms with Gasteiger partial charge < -0.3 is 14.8 Å². The van der Waals surface area contributed by atoms with Crippen LogP contribution in [-0.4, -0.2) is 32.3 Å². The van der Waals surface area contributed by atoms with Gasteiger partial charge in [-0.15, -0.1) is 0 Å². The van der Waals surface area contributed by atoms with Crippen molar-refractivity contribution in [3.05, 3.63) is 52.6 Å². The number of carbonyl (C=O) groups excluding carboxylic acids is 3. The Balaban J connectivity index is 2.16. The van der Waals surface area contributed by atoms with Gasteiger partial charge in [-0.05, 0) is 30.3 Å². The molecule has 11 heteroatoms. The Hall–Kier alpha value is -3.40. The lowest BCUT2D eigenvalue weighted by molar-refractivity contribution is 0.0966. The van der Waals surface area contributed by atoms with Crippen LogP contribution in [0.1, 0.15) is 10.4 Å². The number of rotatable bonds is 4. The fourth-order valence-corrected chi connectivity index (χ4v) is 2.31. The monoisotopic (exact) mass is 413 g/mol. The molecule has 148 valence electrons. The van der Waals surface area contributed by atoms with Crippen molar-refractivity contribution in [2.75, 3.05) is 24.9 Å². The highest BCUT2D eigenvalue weighted by Gasteiger charge is 2.18. The van der Waals surface area contributed by atoms with Gasteiger partial charge in [-0.25, -0.2) is 18.4 Å². The average molecular weight is 414 g/mol. The molecule has 0 bridgehead atoms. The van der Waals surface area contributed by atoms with Gasteiger partial charge in [-0.3, -0.25) is 15.4 Å². The maximum atomic E-state index is 13.3. The van der Waals surface area contributed by atoms with E-state index in [4.69, 9.17) is 16.3 Å². The third kappa shape index (κ3) is 5.07. The number of ether oxygens (including phenoxy) is 2. The zero-order valence-corrected chi connectivity index (χ0v) is 15.3. The third-order valence-electron chi connectivity index (χ3n) is 3.36. The number of carbonyl (C=O) groups is 3. The molecule has 0 saturated carbocycles. The van der Waals surface area contributed by atoms with E-state index in [1.807, 2.05) is 5.32 Å². The number of hydrogen-bond acceptors (Lipinski definition) is 5. The number of urea groups is 1. The number of halogens is 3. The second-order valence-corrected chi connectivity index (χ2v) is 5.59. The minimum absolute atomic E-state index is 0.109. The molecule has 0 fully saturated rings. The lowest BCUT2D eigenvalue weighted by Gasteiger charge is -2.13. The summed E-state index contributed by atoms with van der Waals surface area (Å²) in [5, 5.41) is 6.29. The van der Waals surface area contributed by atoms with Gasteiger partial charge in [0.25, 0.3) is 5.91 Å². The molecule has 3 N–H and O–H groups in total. The van der Waals surface area contributed by atoms with Crippen LogP contribution in [0.25, 0.3) is 0 Å². The average Bonchev–Trinajstić information content (AvgIpc) is 2.64. The summed E-state index contributed by atoms with van der Waals surface area (Å²) in [4.78, 5) is 35.5. The molecule has 0 spiro atoms. The number of nitrogens with one attached hydrogen (secondary N) is 3. The first-order valence-electron chi connectivity index (χ1n) is 7.55. The lowest BCUT2D eigenvalue weighted by atomic mass is 10.2. The van der Waals surface area contributed by atoms with Crippen molar-refractivity contribution in [1.82, 2.24) is 5.32 Å². The summed E-state index contributed by atoms with van der Waals surface area (Å²) in [5.41, 5.74) is -0.0418. The molecule has 4 amide bonds. The first kappa shape index (κ1) is 20.9. The molecule has 2 aromatic carbocycles. The standard InChI is InChI=1S/C17H14ClF2N3O5/c1-27-14-4-3-8(21-17(26)28-2)5-13(14)22-16(25)23-15(24)9-6-11(19)12(20)7-10(9)18/h3-7H,1-2H3,(H,21,26)(H2,22,23,24,25). The molecule has 2 aromatic rings. The van der Waals surface area contributed by atoms with Crippen molar-refractivity contribution >= 4 is 41.0 Å². The van der Waals surface area contributed by atoms with E-state index in [2.05, 4.69) is 15.4 Å². The van der Waals surface area contributed by atoms with Gasteiger partial charge in [0, 0.05) is 5.69 Å². The fraction of sp³-hybridized carbons (Fsp3) is 0.118. The van der Waals surface area contributed by atoms with Crippen LogP contribution in [0.4, 0.5) is 29.7 Å². The Morgan fingerprint density at radius 3 is 2.32 bits per heavy atom. The summed E-state index contributed by atoms with van der Waals surface area (Å²) in [6.45, 7) is 0. The molecule has 0 unspecified atom stereocenters. The summed E-state index contributed by atoms with van der Waals surface area (Å²) in [6.07, 6.45) is -0.733. The van der Waals surface area contributed by atoms with Crippen molar-refractivity contribution in [3.8, 4) is 5.75 Å². The highest BCUT2D eigenvalue weighted by Crippen LogP contribution is 2.28. The molecule has 28 heavy (non-hydrogen) atoms. The first-order chi connectivity index (χ1) is 13.2. The molecule has 0 aliphatic carbocycles. The summed E-state index contributed by atoms with van der Waals surface area (Å²) in [7, 11) is 2.53. The minimum Gasteiger partial charge on any atom is -0.495 e. The SMILES string of the molecule is COC(=O)Nc1ccc(OC)c(NC(=O)NC(=O)c2cc(F)c(F)cc2Cl)c1. The van der Waals surface area contributed by atoms with Gasteiger partial charge in [-0.1, -0.05) is 11.6 Å². The molecule has 0 aliphatic rings.